The molecule has 0 radical (unpaired) electrons. The topological polar surface area (TPSA) is 59.5 Å². The summed E-state index contributed by atoms with van der Waals surface area (Å²) in [6.07, 6.45) is 2.53. The lowest BCUT2D eigenvalue weighted by atomic mass is 10.2. The van der Waals surface area contributed by atoms with E-state index in [2.05, 4.69) is 33.1 Å². The molecule has 0 aromatic carbocycles. The maximum atomic E-state index is 5.80. The zero-order valence-electron chi connectivity index (χ0n) is 15.7. The van der Waals surface area contributed by atoms with Gasteiger partial charge in [0.2, 0.25) is 0 Å². The van der Waals surface area contributed by atoms with Crippen LogP contribution in [-0.2, 0) is 16.0 Å². The summed E-state index contributed by atoms with van der Waals surface area (Å²) in [5.74, 6) is 1.82. The molecule has 1 atom stereocenters. The van der Waals surface area contributed by atoms with Crippen molar-refractivity contribution in [1.82, 2.24) is 14.9 Å². The van der Waals surface area contributed by atoms with E-state index in [0.29, 0.717) is 0 Å². The molecule has 0 spiro atoms. The van der Waals surface area contributed by atoms with Crippen LogP contribution in [0.3, 0.4) is 0 Å². The molecule has 1 N–H and O–H groups in total. The van der Waals surface area contributed by atoms with Gasteiger partial charge in [-0.25, -0.2) is 9.97 Å². The predicted octanol–water partition coefficient (Wildman–Crippen LogP) is 3.84. The molecule has 148 valence electrons. The summed E-state index contributed by atoms with van der Waals surface area (Å²) in [5, 5.41) is 9.05. The van der Waals surface area contributed by atoms with Gasteiger partial charge in [0.1, 0.15) is 16.5 Å². The number of morpholine rings is 1. The summed E-state index contributed by atoms with van der Waals surface area (Å²) in [5.41, 5.74) is 1.22. The summed E-state index contributed by atoms with van der Waals surface area (Å²) in [7, 11) is 0. The highest BCUT2D eigenvalue weighted by atomic mass is 32.1. The van der Waals surface area contributed by atoms with Gasteiger partial charge >= 0.3 is 0 Å². The van der Waals surface area contributed by atoms with E-state index in [-0.39, 0.29) is 6.10 Å². The number of anilines is 1. The van der Waals surface area contributed by atoms with Gasteiger partial charge in [-0.3, -0.25) is 4.90 Å². The average Bonchev–Trinajstić information content (AvgIpc) is 3.47. The number of fused-ring (bicyclic) bond motifs is 1. The monoisotopic (exact) mass is 416 g/mol. The van der Waals surface area contributed by atoms with E-state index in [0.717, 1.165) is 80.7 Å². The van der Waals surface area contributed by atoms with Crippen LogP contribution >= 0.6 is 22.7 Å². The Hall–Kier alpha value is -1.58. The highest BCUT2D eigenvalue weighted by molar-refractivity contribution is 7.18. The third-order valence-corrected chi connectivity index (χ3v) is 7.03. The van der Waals surface area contributed by atoms with Crippen LogP contribution in [0.1, 0.15) is 18.7 Å². The molecule has 6 nitrogen and oxygen atoms in total. The van der Waals surface area contributed by atoms with Crippen LogP contribution in [0.25, 0.3) is 20.7 Å². The van der Waals surface area contributed by atoms with Crippen molar-refractivity contribution in [2.24, 2.45) is 0 Å². The Bertz CT molecular complexity index is 916. The maximum Gasteiger partial charge on any atom is 0.146 e. The lowest BCUT2D eigenvalue weighted by Gasteiger charge is -2.26. The number of hydrogen-bond acceptors (Lipinski definition) is 8. The second-order valence-corrected chi connectivity index (χ2v) is 9.01. The van der Waals surface area contributed by atoms with Crippen molar-refractivity contribution in [2.75, 3.05) is 44.8 Å². The largest absolute Gasteiger partial charge is 0.379 e. The summed E-state index contributed by atoms with van der Waals surface area (Å²) in [4.78, 5) is 14.5. The smallest absolute Gasteiger partial charge is 0.146 e. The molecule has 0 aliphatic carbocycles. The molecule has 3 aromatic heterocycles. The molecule has 8 heteroatoms. The van der Waals surface area contributed by atoms with Crippen molar-refractivity contribution in [1.29, 1.82) is 0 Å². The van der Waals surface area contributed by atoms with Gasteiger partial charge in [0, 0.05) is 42.1 Å². The molecule has 0 saturated carbocycles. The zero-order chi connectivity index (χ0) is 18.8. The van der Waals surface area contributed by atoms with E-state index in [4.69, 9.17) is 19.4 Å². The van der Waals surface area contributed by atoms with Crippen molar-refractivity contribution in [3.63, 3.8) is 0 Å². The van der Waals surface area contributed by atoms with Gasteiger partial charge in [0.15, 0.2) is 0 Å². The SMILES string of the molecule is c1csc(-c2csc3nc(CN4CCOCC4)nc(NCC4CCCO4)c23)c1. The number of nitrogens with one attached hydrogen (secondary N) is 1. The Labute approximate surface area is 172 Å². The standard InChI is InChI=1S/C20H24N4O2S2/c1-3-14(26-7-1)11-21-19-18-15(16-4-2-10-27-16)13-28-20(18)23-17(22-19)12-24-5-8-25-9-6-24/h2,4,10,13-14H,1,3,5-9,11-12H2,(H,21,22,23). The molecule has 5 heterocycles. The molecule has 28 heavy (non-hydrogen) atoms. The van der Waals surface area contributed by atoms with Gasteiger partial charge in [-0.15, -0.1) is 22.7 Å². The molecule has 2 fully saturated rings. The minimum absolute atomic E-state index is 0.275. The first kappa shape index (κ1) is 18.4. The van der Waals surface area contributed by atoms with Crippen molar-refractivity contribution in [3.05, 3.63) is 28.7 Å². The Morgan fingerprint density at radius 2 is 2.11 bits per heavy atom. The van der Waals surface area contributed by atoms with Gasteiger partial charge < -0.3 is 14.8 Å². The van der Waals surface area contributed by atoms with Crippen molar-refractivity contribution >= 4 is 38.7 Å². The molecule has 0 bridgehead atoms. The Morgan fingerprint density at radius 1 is 1.18 bits per heavy atom. The molecular weight excluding hydrogens is 392 g/mol. The Morgan fingerprint density at radius 3 is 2.89 bits per heavy atom. The first-order valence-corrected chi connectivity index (χ1v) is 11.6. The van der Waals surface area contributed by atoms with Crippen molar-refractivity contribution < 1.29 is 9.47 Å². The Kier molecular flexibility index (Phi) is 5.55. The first-order valence-electron chi connectivity index (χ1n) is 9.84. The van der Waals surface area contributed by atoms with Crippen LogP contribution < -0.4 is 5.32 Å². The fourth-order valence-corrected chi connectivity index (χ4v) is 5.55. The minimum atomic E-state index is 0.275. The third-order valence-electron chi connectivity index (χ3n) is 5.26. The Balaban J connectivity index is 1.48. The number of nitrogens with zero attached hydrogens (tertiary/aromatic N) is 3. The van der Waals surface area contributed by atoms with E-state index < -0.39 is 0 Å². The number of ether oxygens (including phenoxy) is 2. The highest BCUT2D eigenvalue weighted by Gasteiger charge is 2.20. The van der Waals surface area contributed by atoms with Gasteiger partial charge in [-0.05, 0) is 24.3 Å². The third kappa shape index (κ3) is 3.92. The number of rotatable bonds is 6. The zero-order valence-corrected chi connectivity index (χ0v) is 17.4. The number of aromatic nitrogens is 2. The van der Waals surface area contributed by atoms with Gasteiger partial charge in [-0.1, -0.05) is 6.07 Å². The fourth-order valence-electron chi connectivity index (χ4n) is 3.77. The van der Waals surface area contributed by atoms with Crippen LogP contribution in [0.15, 0.2) is 22.9 Å². The maximum absolute atomic E-state index is 5.80. The molecule has 5 rings (SSSR count). The van der Waals surface area contributed by atoms with Crippen LogP contribution in [0.2, 0.25) is 0 Å². The molecule has 2 aliphatic heterocycles. The van der Waals surface area contributed by atoms with Crippen LogP contribution in [0.4, 0.5) is 5.82 Å². The normalized spacial score (nSPS) is 20.8. The molecule has 2 aliphatic rings. The second-order valence-electron chi connectivity index (χ2n) is 7.20. The summed E-state index contributed by atoms with van der Waals surface area (Å²) >= 11 is 3.46. The van der Waals surface area contributed by atoms with Gasteiger partial charge in [0.05, 0.1) is 31.2 Å². The summed E-state index contributed by atoms with van der Waals surface area (Å²) in [6.45, 7) is 5.87. The lowest BCUT2D eigenvalue weighted by molar-refractivity contribution is 0.0331. The van der Waals surface area contributed by atoms with Crippen LogP contribution in [0.5, 0.6) is 0 Å². The van der Waals surface area contributed by atoms with E-state index in [9.17, 15) is 0 Å². The highest BCUT2D eigenvalue weighted by Crippen LogP contribution is 2.39. The molecule has 0 amide bonds. The van der Waals surface area contributed by atoms with Gasteiger partial charge in [0.25, 0.3) is 0 Å². The second kappa shape index (κ2) is 8.42. The minimum Gasteiger partial charge on any atom is -0.379 e. The molecular formula is C20H24N4O2S2. The average molecular weight is 417 g/mol. The first-order chi connectivity index (χ1) is 13.9. The van der Waals surface area contributed by atoms with E-state index >= 15 is 0 Å². The molecule has 2 saturated heterocycles. The lowest BCUT2D eigenvalue weighted by Crippen LogP contribution is -2.36. The quantitative estimate of drug-likeness (QED) is 0.659. The van der Waals surface area contributed by atoms with Crippen molar-refractivity contribution in [3.8, 4) is 10.4 Å². The number of hydrogen-bond donors (Lipinski definition) is 1. The van der Waals surface area contributed by atoms with Gasteiger partial charge in [-0.2, -0.15) is 0 Å². The predicted molar refractivity (Wildman–Crippen MR) is 114 cm³/mol. The summed E-state index contributed by atoms with van der Waals surface area (Å²) < 4.78 is 11.3. The van der Waals surface area contributed by atoms with E-state index in [1.807, 2.05) is 0 Å². The molecule has 3 aromatic rings. The van der Waals surface area contributed by atoms with Crippen molar-refractivity contribution in [2.45, 2.75) is 25.5 Å². The number of thiophene rings is 2. The summed E-state index contributed by atoms with van der Waals surface area (Å²) in [6, 6.07) is 4.26. The van der Waals surface area contributed by atoms with E-state index in [1.54, 1.807) is 22.7 Å². The van der Waals surface area contributed by atoms with Crippen LogP contribution in [0, 0.1) is 0 Å². The fraction of sp³-hybridized carbons (Fsp3) is 0.500. The van der Waals surface area contributed by atoms with E-state index in [1.165, 1.54) is 10.4 Å². The molecule has 1 unspecified atom stereocenters. The van der Waals surface area contributed by atoms with Crippen LogP contribution in [-0.4, -0.2) is 60.4 Å².